The van der Waals surface area contributed by atoms with Crippen LogP contribution in [0.2, 0.25) is 0 Å². The summed E-state index contributed by atoms with van der Waals surface area (Å²) in [7, 11) is 0. The monoisotopic (exact) mass is 288 g/mol. The minimum absolute atomic E-state index is 0.127. The van der Waals surface area contributed by atoms with Gasteiger partial charge in [0.25, 0.3) is 0 Å². The normalized spacial score (nSPS) is 11.9. The first-order valence-electron chi connectivity index (χ1n) is 6.80. The highest BCUT2D eigenvalue weighted by Crippen LogP contribution is 2.30. The van der Waals surface area contributed by atoms with Gasteiger partial charge in [0, 0.05) is 5.92 Å². The van der Waals surface area contributed by atoms with Gasteiger partial charge >= 0.3 is 5.97 Å². The number of phenols is 1. The molecule has 0 saturated heterocycles. The molecule has 2 rings (SSSR count). The predicted molar refractivity (Wildman–Crippen MR) is 77.6 cm³/mol. The molecule has 2 aromatic carbocycles. The maximum Gasteiger partial charge on any atom is 0.306 e. The number of hydrogen-bond donors (Lipinski definition) is 1. The summed E-state index contributed by atoms with van der Waals surface area (Å²) in [6.07, 6.45) is 0.127. The third-order valence-electron chi connectivity index (χ3n) is 3.22. The summed E-state index contributed by atoms with van der Waals surface area (Å²) < 4.78 is 18.4. The van der Waals surface area contributed by atoms with Crippen molar-refractivity contribution < 1.29 is 19.0 Å². The third-order valence-corrected chi connectivity index (χ3v) is 3.22. The lowest BCUT2D eigenvalue weighted by Gasteiger charge is -2.17. The zero-order valence-corrected chi connectivity index (χ0v) is 11.8. The number of hydrogen-bond acceptors (Lipinski definition) is 3. The molecule has 0 aliphatic heterocycles. The molecule has 0 heterocycles. The van der Waals surface area contributed by atoms with Crippen molar-refractivity contribution in [3.63, 3.8) is 0 Å². The fourth-order valence-electron chi connectivity index (χ4n) is 2.24. The Morgan fingerprint density at radius 1 is 1.19 bits per heavy atom. The molecule has 1 N–H and O–H groups in total. The first-order valence-corrected chi connectivity index (χ1v) is 6.80. The lowest BCUT2D eigenvalue weighted by Crippen LogP contribution is -2.11. The van der Waals surface area contributed by atoms with E-state index in [0.29, 0.717) is 12.2 Å². The molecule has 0 aromatic heterocycles. The van der Waals surface area contributed by atoms with E-state index in [1.54, 1.807) is 43.3 Å². The van der Waals surface area contributed by atoms with Crippen molar-refractivity contribution in [2.24, 2.45) is 0 Å². The maximum atomic E-state index is 13.4. The van der Waals surface area contributed by atoms with E-state index in [4.69, 9.17) is 4.74 Å². The van der Waals surface area contributed by atoms with Crippen LogP contribution in [-0.4, -0.2) is 17.7 Å². The summed E-state index contributed by atoms with van der Waals surface area (Å²) in [5.41, 5.74) is 1.53. The summed E-state index contributed by atoms with van der Waals surface area (Å²) in [5, 5.41) is 9.37. The molecule has 0 fully saturated rings. The molecule has 1 atom stereocenters. The van der Waals surface area contributed by atoms with Crippen molar-refractivity contribution >= 4 is 5.97 Å². The Balaban J connectivity index is 2.34. The Morgan fingerprint density at radius 3 is 2.52 bits per heavy atom. The second-order valence-corrected chi connectivity index (χ2v) is 4.71. The number of phenolic OH excluding ortho intramolecular Hbond substituents is 1. The van der Waals surface area contributed by atoms with Gasteiger partial charge in [0.2, 0.25) is 0 Å². The molecule has 0 bridgehead atoms. The van der Waals surface area contributed by atoms with E-state index >= 15 is 0 Å². The summed E-state index contributed by atoms with van der Waals surface area (Å²) >= 11 is 0. The number of carbonyl (C=O) groups is 1. The SMILES string of the molecule is CCOC(=O)C[C@H](c1ccc(O)cc1)c1cccc(F)c1. The fourth-order valence-corrected chi connectivity index (χ4v) is 2.24. The molecule has 0 aliphatic carbocycles. The van der Waals surface area contributed by atoms with Crippen LogP contribution in [0.5, 0.6) is 5.75 Å². The van der Waals surface area contributed by atoms with E-state index in [1.165, 1.54) is 12.1 Å². The number of carbonyl (C=O) groups excluding carboxylic acids is 1. The van der Waals surface area contributed by atoms with Crippen LogP contribution in [0.25, 0.3) is 0 Å². The minimum atomic E-state index is -0.347. The van der Waals surface area contributed by atoms with Crippen LogP contribution in [0.4, 0.5) is 4.39 Å². The molecule has 4 heteroatoms. The Hall–Kier alpha value is -2.36. The molecule has 0 aliphatic rings. The van der Waals surface area contributed by atoms with Gasteiger partial charge in [-0.25, -0.2) is 4.39 Å². The second kappa shape index (κ2) is 6.88. The zero-order chi connectivity index (χ0) is 15.2. The Kier molecular flexibility index (Phi) is 4.93. The van der Waals surface area contributed by atoms with E-state index in [2.05, 4.69) is 0 Å². The molecule has 3 nitrogen and oxygen atoms in total. The van der Waals surface area contributed by atoms with Gasteiger partial charge in [0.15, 0.2) is 0 Å². The molecule has 0 spiro atoms. The highest BCUT2D eigenvalue weighted by Gasteiger charge is 2.19. The minimum Gasteiger partial charge on any atom is -0.508 e. The van der Waals surface area contributed by atoms with Gasteiger partial charge in [-0.15, -0.1) is 0 Å². The van der Waals surface area contributed by atoms with Crippen molar-refractivity contribution in [2.75, 3.05) is 6.61 Å². The van der Waals surface area contributed by atoms with Gasteiger partial charge in [-0.3, -0.25) is 4.79 Å². The Bertz CT molecular complexity index is 608. The van der Waals surface area contributed by atoms with Gasteiger partial charge in [0.1, 0.15) is 11.6 Å². The predicted octanol–water partition coefficient (Wildman–Crippen LogP) is 3.62. The van der Waals surface area contributed by atoms with E-state index in [9.17, 15) is 14.3 Å². The smallest absolute Gasteiger partial charge is 0.306 e. The van der Waals surface area contributed by atoms with Crippen LogP contribution in [0.15, 0.2) is 48.5 Å². The Labute approximate surface area is 123 Å². The van der Waals surface area contributed by atoms with E-state index in [-0.39, 0.29) is 29.9 Å². The average molecular weight is 288 g/mol. The lowest BCUT2D eigenvalue weighted by atomic mass is 9.88. The second-order valence-electron chi connectivity index (χ2n) is 4.71. The zero-order valence-electron chi connectivity index (χ0n) is 11.8. The van der Waals surface area contributed by atoms with Crippen LogP contribution in [-0.2, 0) is 9.53 Å². The van der Waals surface area contributed by atoms with Crippen LogP contribution in [0.3, 0.4) is 0 Å². The van der Waals surface area contributed by atoms with Gasteiger partial charge < -0.3 is 9.84 Å². The number of rotatable bonds is 5. The van der Waals surface area contributed by atoms with Crippen molar-refractivity contribution in [3.8, 4) is 5.75 Å². The lowest BCUT2D eigenvalue weighted by molar-refractivity contribution is -0.143. The summed E-state index contributed by atoms with van der Waals surface area (Å²) in [4.78, 5) is 11.8. The quantitative estimate of drug-likeness (QED) is 0.855. The molecule has 110 valence electrons. The molecule has 0 unspecified atom stereocenters. The molecule has 0 saturated carbocycles. The molecular weight excluding hydrogens is 271 g/mol. The van der Waals surface area contributed by atoms with E-state index in [0.717, 1.165) is 5.56 Å². The largest absolute Gasteiger partial charge is 0.508 e. The van der Waals surface area contributed by atoms with Crippen molar-refractivity contribution in [1.82, 2.24) is 0 Å². The number of ether oxygens (including phenoxy) is 1. The van der Waals surface area contributed by atoms with Crippen LogP contribution >= 0.6 is 0 Å². The highest BCUT2D eigenvalue weighted by atomic mass is 19.1. The van der Waals surface area contributed by atoms with Crippen molar-refractivity contribution in [2.45, 2.75) is 19.3 Å². The third kappa shape index (κ3) is 4.05. The topological polar surface area (TPSA) is 46.5 Å². The standard InChI is InChI=1S/C17H17FO3/c1-2-21-17(20)11-16(12-6-8-15(19)9-7-12)13-4-3-5-14(18)10-13/h3-10,16,19H,2,11H2,1H3/t16-/m1/s1. The first-order chi connectivity index (χ1) is 10.1. The summed E-state index contributed by atoms with van der Waals surface area (Å²) in [5.74, 6) is -0.840. The first kappa shape index (κ1) is 15.0. The fraction of sp³-hybridized carbons (Fsp3) is 0.235. The molecule has 2 aromatic rings. The summed E-state index contributed by atoms with van der Waals surface area (Å²) in [6.45, 7) is 2.06. The maximum absolute atomic E-state index is 13.4. The average Bonchev–Trinajstić information content (AvgIpc) is 2.46. The molecule has 0 amide bonds. The molecule has 21 heavy (non-hydrogen) atoms. The number of halogens is 1. The van der Waals surface area contributed by atoms with Crippen LogP contribution in [0, 0.1) is 5.82 Å². The van der Waals surface area contributed by atoms with E-state index in [1.807, 2.05) is 0 Å². The number of esters is 1. The van der Waals surface area contributed by atoms with Gasteiger partial charge in [-0.1, -0.05) is 24.3 Å². The summed E-state index contributed by atoms with van der Waals surface area (Å²) in [6, 6.07) is 12.7. The van der Waals surface area contributed by atoms with Crippen molar-refractivity contribution in [3.05, 3.63) is 65.5 Å². The van der Waals surface area contributed by atoms with E-state index < -0.39 is 0 Å². The molecular formula is C17H17FO3. The van der Waals surface area contributed by atoms with Crippen molar-refractivity contribution in [1.29, 1.82) is 0 Å². The van der Waals surface area contributed by atoms with Gasteiger partial charge in [-0.2, -0.15) is 0 Å². The van der Waals surface area contributed by atoms with Crippen LogP contribution < -0.4 is 0 Å². The number of aromatic hydroxyl groups is 1. The highest BCUT2D eigenvalue weighted by molar-refractivity contribution is 5.71. The Morgan fingerprint density at radius 2 is 1.90 bits per heavy atom. The number of benzene rings is 2. The van der Waals surface area contributed by atoms with Gasteiger partial charge in [0.05, 0.1) is 13.0 Å². The molecule has 0 radical (unpaired) electrons. The van der Waals surface area contributed by atoms with Gasteiger partial charge in [-0.05, 0) is 42.3 Å². The van der Waals surface area contributed by atoms with Crippen LogP contribution in [0.1, 0.15) is 30.4 Å².